The van der Waals surface area contributed by atoms with E-state index >= 15 is 0 Å². The number of rotatable bonds is 7. The number of nitrogens with zero attached hydrogens (tertiary/aromatic N) is 5. The second kappa shape index (κ2) is 8.29. The number of thiazole rings is 1. The topological polar surface area (TPSA) is 63.9 Å². The highest BCUT2D eigenvalue weighted by Gasteiger charge is 2.18. The predicted octanol–water partition coefficient (Wildman–Crippen LogP) is 4.21. The Morgan fingerprint density at radius 2 is 2.12 bits per heavy atom. The molecule has 0 N–H and O–H groups in total. The number of benzene rings is 1. The summed E-state index contributed by atoms with van der Waals surface area (Å²) in [5.74, 6) is 1.45. The monoisotopic (exact) mass is 385 g/mol. The average Bonchev–Trinajstić information content (AvgIpc) is 3.22. The average molecular weight is 386 g/mol. The number of hydrogen-bond acceptors (Lipinski definition) is 6. The van der Waals surface area contributed by atoms with E-state index in [1.165, 1.54) is 11.3 Å². The number of allylic oxidation sites excluding steroid dienone is 1. The molecule has 0 saturated carbocycles. The summed E-state index contributed by atoms with van der Waals surface area (Å²) in [6.45, 7) is 7.91. The van der Waals surface area contributed by atoms with Crippen molar-refractivity contribution in [3.05, 3.63) is 59.9 Å². The molecule has 26 heavy (non-hydrogen) atoms. The molecule has 0 radical (unpaired) electrons. The van der Waals surface area contributed by atoms with Gasteiger partial charge >= 0.3 is 0 Å². The lowest BCUT2D eigenvalue weighted by atomic mass is 10.3. The number of hydrogen-bond donors (Lipinski definition) is 0. The molecule has 0 aliphatic rings. The summed E-state index contributed by atoms with van der Waals surface area (Å²) in [4.78, 5) is 18.4. The quantitative estimate of drug-likeness (QED) is 0.450. The van der Waals surface area contributed by atoms with Gasteiger partial charge in [-0.05, 0) is 19.1 Å². The van der Waals surface area contributed by atoms with E-state index in [-0.39, 0.29) is 5.91 Å². The van der Waals surface area contributed by atoms with Gasteiger partial charge in [0.2, 0.25) is 5.91 Å². The van der Waals surface area contributed by atoms with Gasteiger partial charge in [0.15, 0.2) is 10.3 Å². The zero-order chi connectivity index (χ0) is 18.5. The van der Waals surface area contributed by atoms with E-state index in [0.29, 0.717) is 17.4 Å². The highest BCUT2D eigenvalue weighted by atomic mass is 32.2. The van der Waals surface area contributed by atoms with Crippen molar-refractivity contribution < 1.29 is 4.79 Å². The third kappa shape index (κ3) is 4.03. The number of aromatic nitrogens is 4. The molecule has 0 atom stereocenters. The molecular weight excluding hydrogens is 366 g/mol. The zero-order valence-corrected chi connectivity index (χ0v) is 16.3. The number of carbonyl (C=O) groups is 1. The van der Waals surface area contributed by atoms with Crippen LogP contribution in [0, 0.1) is 6.92 Å². The summed E-state index contributed by atoms with van der Waals surface area (Å²) in [7, 11) is 0. The zero-order valence-electron chi connectivity index (χ0n) is 14.6. The van der Waals surface area contributed by atoms with Crippen LogP contribution in [-0.4, -0.2) is 25.7 Å². The molecule has 2 aromatic heterocycles. The van der Waals surface area contributed by atoms with E-state index in [2.05, 4.69) is 21.8 Å². The van der Waals surface area contributed by atoms with E-state index < -0.39 is 0 Å². The van der Waals surface area contributed by atoms with Crippen molar-refractivity contribution in [2.45, 2.75) is 31.3 Å². The highest BCUT2D eigenvalue weighted by molar-refractivity contribution is 7.98. The Labute approximate surface area is 160 Å². The molecule has 0 unspecified atom stereocenters. The summed E-state index contributed by atoms with van der Waals surface area (Å²) in [6.07, 6.45) is 1.83. The molecule has 6 nitrogen and oxygen atoms in total. The lowest BCUT2D eigenvalue weighted by molar-refractivity contribution is -0.115. The smallest absolute Gasteiger partial charge is 0.230 e. The molecule has 0 spiro atoms. The van der Waals surface area contributed by atoms with Crippen molar-refractivity contribution in [1.29, 1.82) is 0 Å². The van der Waals surface area contributed by atoms with E-state index in [1.807, 2.05) is 53.3 Å². The standard InChI is InChI=1S/C18H19N5OS2/c1-4-10-22-13(2)20-21-18(22)26-12-15-11-25-17(19-15)23(14(3)24)16-8-6-5-7-9-16/h4-9,11H,1,10,12H2,2-3H3. The first kappa shape index (κ1) is 18.3. The van der Waals surface area contributed by atoms with Gasteiger partial charge < -0.3 is 4.57 Å². The van der Waals surface area contributed by atoms with E-state index in [4.69, 9.17) is 0 Å². The van der Waals surface area contributed by atoms with Crippen molar-refractivity contribution in [3.63, 3.8) is 0 Å². The van der Waals surface area contributed by atoms with Crippen LogP contribution in [0.3, 0.4) is 0 Å². The minimum absolute atomic E-state index is 0.0638. The van der Waals surface area contributed by atoms with Crippen LogP contribution in [0.1, 0.15) is 18.4 Å². The molecular formula is C18H19N5OS2. The molecule has 0 saturated heterocycles. The molecule has 0 bridgehead atoms. The molecule has 0 aliphatic carbocycles. The van der Waals surface area contributed by atoms with Crippen LogP contribution >= 0.6 is 23.1 Å². The number of carbonyl (C=O) groups excluding carboxylic acids is 1. The number of thioether (sulfide) groups is 1. The van der Waals surface area contributed by atoms with Gasteiger partial charge in [0, 0.05) is 24.6 Å². The van der Waals surface area contributed by atoms with Crippen molar-refractivity contribution in [1.82, 2.24) is 19.7 Å². The lowest BCUT2D eigenvalue weighted by Crippen LogP contribution is -2.22. The Bertz CT molecular complexity index is 903. The van der Waals surface area contributed by atoms with Crippen molar-refractivity contribution in [3.8, 4) is 0 Å². The fraction of sp³-hybridized carbons (Fsp3) is 0.222. The first-order valence-corrected chi connectivity index (χ1v) is 9.90. The van der Waals surface area contributed by atoms with Gasteiger partial charge in [-0.15, -0.1) is 28.1 Å². The van der Waals surface area contributed by atoms with Crippen LogP contribution in [0.5, 0.6) is 0 Å². The molecule has 134 valence electrons. The molecule has 0 aliphatic heterocycles. The molecule has 0 fully saturated rings. The minimum Gasteiger partial charge on any atom is -0.302 e. The van der Waals surface area contributed by atoms with Crippen LogP contribution in [0.25, 0.3) is 0 Å². The maximum absolute atomic E-state index is 12.1. The van der Waals surface area contributed by atoms with Crippen LogP contribution in [-0.2, 0) is 17.1 Å². The van der Waals surface area contributed by atoms with Crippen LogP contribution < -0.4 is 4.90 Å². The van der Waals surface area contributed by atoms with Gasteiger partial charge in [-0.2, -0.15) is 0 Å². The number of aryl methyl sites for hydroxylation is 1. The summed E-state index contributed by atoms with van der Waals surface area (Å²) >= 11 is 3.03. The van der Waals surface area contributed by atoms with Crippen LogP contribution in [0.15, 0.2) is 53.5 Å². The molecule has 8 heteroatoms. The first-order chi connectivity index (χ1) is 12.6. The maximum atomic E-state index is 12.1. The van der Waals surface area contributed by atoms with Crippen molar-refractivity contribution in [2.24, 2.45) is 0 Å². The molecule has 3 rings (SSSR count). The van der Waals surface area contributed by atoms with Gasteiger partial charge in [-0.25, -0.2) is 4.98 Å². The largest absolute Gasteiger partial charge is 0.302 e. The summed E-state index contributed by atoms with van der Waals surface area (Å²) in [6, 6.07) is 9.54. The summed E-state index contributed by atoms with van der Waals surface area (Å²) in [5, 5.41) is 11.8. The number of anilines is 2. The fourth-order valence-electron chi connectivity index (χ4n) is 2.42. The predicted molar refractivity (Wildman–Crippen MR) is 106 cm³/mol. The van der Waals surface area contributed by atoms with E-state index in [1.54, 1.807) is 23.6 Å². The second-order valence-electron chi connectivity index (χ2n) is 5.53. The Kier molecular flexibility index (Phi) is 5.85. The summed E-state index contributed by atoms with van der Waals surface area (Å²) in [5.41, 5.74) is 1.72. The van der Waals surface area contributed by atoms with Crippen LogP contribution in [0.4, 0.5) is 10.8 Å². The molecule has 3 aromatic rings. The lowest BCUT2D eigenvalue weighted by Gasteiger charge is -2.17. The summed E-state index contributed by atoms with van der Waals surface area (Å²) < 4.78 is 2.01. The van der Waals surface area contributed by atoms with E-state index in [0.717, 1.165) is 22.4 Å². The third-order valence-corrected chi connectivity index (χ3v) is 5.50. The van der Waals surface area contributed by atoms with Gasteiger partial charge in [0.25, 0.3) is 0 Å². The van der Waals surface area contributed by atoms with Crippen LogP contribution in [0.2, 0.25) is 0 Å². The van der Waals surface area contributed by atoms with Crippen molar-refractivity contribution in [2.75, 3.05) is 4.90 Å². The SMILES string of the molecule is C=CCn1c(C)nnc1SCc1csc(N(C(C)=O)c2ccccc2)n1. The molecule has 1 aromatic carbocycles. The Morgan fingerprint density at radius 1 is 1.35 bits per heavy atom. The van der Waals surface area contributed by atoms with Gasteiger partial charge in [0.1, 0.15) is 5.82 Å². The van der Waals surface area contributed by atoms with Gasteiger partial charge in [-0.1, -0.05) is 36.0 Å². The van der Waals surface area contributed by atoms with Crippen molar-refractivity contribution >= 4 is 39.8 Å². The second-order valence-corrected chi connectivity index (χ2v) is 7.31. The first-order valence-electron chi connectivity index (χ1n) is 8.03. The fourth-order valence-corrected chi connectivity index (χ4v) is 4.29. The highest BCUT2D eigenvalue weighted by Crippen LogP contribution is 2.30. The molecule has 2 heterocycles. The number of para-hydroxylation sites is 1. The Morgan fingerprint density at radius 3 is 2.81 bits per heavy atom. The Balaban J connectivity index is 1.75. The van der Waals surface area contributed by atoms with Gasteiger partial charge in [-0.3, -0.25) is 9.69 Å². The third-order valence-electron chi connectivity index (χ3n) is 3.62. The minimum atomic E-state index is -0.0638. The normalized spacial score (nSPS) is 10.7. The maximum Gasteiger partial charge on any atom is 0.230 e. The number of amides is 1. The van der Waals surface area contributed by atoms with Gasteiger partial charge in [0.05, 0.1) is 11.4 Å². The molecule has 1 amide bonds. The Hall–Kier alpha value is -2.45. The van der Waals surface area contributed by atoms with E-state index in [9.17, 15) is 4.79 Å².